The van der Waals surface area contributed by atoms with Crippen molar-refractivity contribution in [3.8, 4) is 11.8 Å². The van der Waals surface area contributed by atoms with E-state index in [2.05, 4.69) is 35.7 Å². The van der Waals surface area contributed by atoms with Gasteiger partial charge in [-0.15, -0.1) is 0 Å². The highest BCUT2D eigenvalue weighted by atomic mass is 16.2. The number of carbonyl (C=O) groups excluding carboxylic acids is 1. The predicted molar refractivity (Wildman–Crippen MR) is 92.2 cm³/mol. The lowest BCUT2D eigenvalue weighted by molar-refractivity contribution is -0.124. The first kappa shape index (κ1) is 16.6. The molecule has 2 rings (SSSR count). The summed E-state index contributed by atoms with van der Waals surface area (Å²) in [6, 6.07) is 0. The lowest BCUT2D eigenvalue weighted by Gasteiger charge is -2.21. The summed E-state index contributed by atoms with van der Waals surface area (Å²) in [7, 11) is 3.62. The predicted octanol–water partition coefficient (Wildman–Crippen LogP) is 2.97. The van der Waals surface area contributed by atoms with Crippen molar-refractivity contribution < 1.29 is 4.79 Å². The van der Waals surface area contributed by atoms with Crippen LogP contribution in [-0.4, -0.2) is 27.6 Å². The van der Waals surface area contributed by atoms with Crippen LogP contribution in [0.5, 0.6) is 0 Å². The van der Waals surface area contributed by atoms with Crippen LogP contribution in [-0.2, 0) is 11.8 Å². The number of hydrogen-bond donors (Lipinski definition) is 0. The molecule has 0 fully saturated rings. The van der Waals surface area contributed by atoms with Gasteiger partial charge >= 0.3 is 0 Å². The molecule has 0 saturated heterocycles. The third-order valence-electron chi connectivity index (χ3n) is 3.64. The fourth-order valence-electron chi connectivity index (χ4n) is 2.26. The molecule has 0 N–H and O–H groups in total. The Morgan fingerprint density at radius 1 is 1.48 bits per heavy atom. The van der Waals surface area contributed by atoms with Crippen molar-refractivity contribution in [1.82, 2.24) is 14.7 Å². The van der Waals surface area contributed by atoms with E-state index in [9.17, 15) is 4.79 Å². The molecule has 0 atom stereocenters. The lowest BCUT2D eigenvalue weighted by atomic mass is 10.1. The zero-order valence-electron chi connectivity index (χ0n) is 13.8. The van der Waals surface area contributed by atoms with Crippen LogP contribution in [0.15, 0.2) is 60.1 Å². The number of aromatic nitrogens is 2. The fourth-order valence-corrected chi connectivity index (χ4v) is 2.26. The van der Waals surface area contributed by atoms with Crippen molar-refractivity contribution in [3.05, 3.63) is 65.7 Å². The fraction of sp³-hybridized carbons (Fsp3) is 0.263. The molecule has 1 heterocycles. The Morgan fingerprint density at radius 2 is 2.26 bits per heavy atom. The number of rotatable bonds is 3. The number of allylic oxidation sites excluding steroid dienone is 5. The van der Waals surface area contributed by atoms with Crippen LogP contribution < -0.4 is 0 Å². The standard InChI is InChI=1S/C19H21N3O/c1-5-17(12-11-16-13-20-21(3)14-16)15(2)19(23)22(4)18-9-7-6-8-10-18/h5,7,9-10,13-14H,1,6,8H2,2-4H3/b17-15-. The second-order valence-electron chi connectivity index (χ2n) is 5.37. The number of amides is 1. The Kier molecular flexibility index (Phi) is 5.37. The Morgan fingerprint density at radius 3 is 2.83 bits per heavy atom. The minimum absolute atomic E-state index is 0.0711. The zero-order valence-corrected chi connectivity index (χ0v) is 13.8. The van der Waals surface area contributed by atoms with Crippen LogP contribution in [0.3, 0.4) is 0 Å². The van der Waals surface area contributed by atoms with Crippen molar-refractivity contribution in [2.24, 2.45) is 7.05 Å². The Balaban J connectivity index is 2.24. The largest absolute Gasteiger partial charge is 0.312 e. The Bertz CT molecular complexity index is 766. The van der Waals surface area contributed by atoms with Gasteiger partial charge in [0.05, 0.1) is 11.8 Å². The first-order valence-electron chi connectivity index (χ1n) is 7.51. The van der Waals surface area contributed by atoms with Crippen molar-refractivity contribution in [1.29, 1.82) is 0 Å². The van der Waals surface area contributed by atoms with Gasteiger partial charge in [-0.05, 0) is 25.8 Å². The molecule has 1 aliphatic rings. The second-order valence-corrected chi connectivity index (χ2v) is 5.37. The summed E-state index contributed by atoms with van der Waals surface area (Å²) in [4.78, 5) is 14.3. The molecule has 1 amide bonds. The number of nitrogens with zero attached hydrogens (tertiary/aromatic N) is 3. The molecule has 0 bridgehead atoms. The van der Waals surface area contributed by atoms with E-state index in [1.54, 1.807) is 35.8 Å². The van der Waals surface area contributed by atoms with Gasteiger partial charge in [-0.3, -0.25) is 9.48 Å². The van der Waals surface area contributed by atoms with Gasteiger partial charge in [0.2, 0.25) is 0 Å². The Hall–Kier alpha value is -2.80. The van der Waals surface area contributed by atoms with Crippen LogP contribution in [0.1, 0.15) is 25.3 Å². The maximum Gasteiger partial charge on any atom is 0.254 e. The summed E-state index contributed by atoms with van der Waals surface area (Å²) in [6.07, 6.45) is 13.2. The second kappa shape index (κ2) is 7.46. The summed E-state index contributed by atoms with van der Waals surface area (Å²) >= 11 is 0. The third-order valence-corrected chi connectivity index (χ3v) is 3.64. The van der Waals surface area contributed by atoms with Crippen LogP contribution >= 0.6 is 0 Å². The van der Waals surface area contributed by atoms with Crippen LogP contribution in [0.4, 0.5) is 0 Å². The summed E-state index contributed by atoms with van der Waals surface area (Å²) in [6.45, 7) is 5.55. The van der Waals surface area contributed by atoms with Gasteiger partial charge in [-0.25, -0.2) is 0 Å². The van der Waals surface area contributed by atoms with Gasteiger partial charge in [-0.1, -0.05) is 36.6 Å². The van der Waals surface area contributed by atoms with E-state index in [0.29, 0.717) is 11.1 Å². The van der Waals surface area contributed by atoms with Gasteiger partial charge < -0.3 is 4.90 Å². The van der Waals surface area contributed by atoms with Gasteiger partial charge in [-0.2, -0.15) is 5.10 Å². The monoisotopic (exact) mass is 307 g/mol. The summed E-state index contributed by atoms with van der Waals surface area (Å²) in [5.74, 6) is 5.95. The minimum atomic E-state index is -0.0711. The molecular formula is C19H21N3O. The highest BCUT2D eigenvalue weighted by molar-refractivity contribution is 5.96. The van der Waals surface area contributed by atoms with E-state index in [0.717, 1.165) is 24.1 Å². The molecular weight excluding hydrogens is 286 g/mol. The van der Waals surface area contributed by atoms with Crippen LogP contribution in [0, 0.1) is 11.8 Å². The number of hydrogen-bond acceptors (Lipinski definition) is 2. The molecule has 118 valence electrons. The maximum atomic E-state index is 12.6. The van der Waals surface area contributed by atoms with Crippen molar-refractivity contribution in [3.63, 3.8) is 0 Å². The SMILES string of the molecule is C=C/C(C#Cc1cnn(C)c1)=C(\C)C(=O)N(C)C1=CCCC=C1. The Labute approximate surface area is 137 Å². The van der Waals surface area contributed by atoms with E-state index in [4.69, 9.17) is 0 Å². The minimum Gasteiger partial charge on any atom is -0.312 e. The molecule has 0 aliphatic heterocycles. The highest BCUT2D eigenvalue weighted by Crippen LogP contribution is 2.17. The average Bonchev–Trinajstić information content (AvgIpc) is 3.00. The molecule has 0 radical (unpaired) electrons. The molecule has 0 aromatic carbocycles. The molecule has 0 spiro atoms. The van der Waals surface area contributed by atoms with Crippen LogP contribution in [0.2, 0.25) is 0 Å². The van der Waals surface area contributed by atoms with Gasteiger partial charge in [0, 0.05) is 37.1 Å². The third kappa shape index (κ3) is 4.10. The van der Waals surface area contributed by atoms with E-state index in [1.165, 1.54) is 0 Å². The van der Waals surface area contributed by atoms with E-state index >= 15 is 0 Å². The molecule has 4 nitrogen and oxygen atoms in total. The smallest absolute Gasteiger partial charge is 0.254 e. The number of carbonyl (C=O) groups is 1. The lowest BCUT2D eigenvalue weighted by Crippen LogP contribution is -2.27. The van der Waals surface area contributed by atoms with Crippen molar-refractivity contribution in [2.75, 3.05) is 7.05 Å². The summed E-state index contributed by atoms with van der Waals surface area (Å²) in [5.41, 5.74) is 2.94. The van der Waals surface area contributed by atoms with E-state index < -0.39 is 0 Å². The summed E-state index contributed by atoms with van der Waals surface area (Å²) < 4.78 is 1.69. The van der Waals surface area contributed by atoms with Gasteiger partial charge in [0.1, 0.15) is 0 Å². The molecule has 4 heteroatoms. The quantitative estimate of drug-likeness (QED) is 0.489. The number of aryl methyl sites for hydroxylation is 1. The molecule has 23 heavy (non-hydrogen) atoms. The number of likely N-dealkylation sites (N-methyl/N-ethyl adjacent to an activating group) is 1. The topological polar surface area (TPSA) is 38.1 Å². The van der Waals surface area contributed by atoms with Crippen LogP contribution in [0.25, 0.3) is 0 Å². The van der Waals surface area contributed by atoms with Crippen molar-refractivity contribution in [2.45, 2.75) is 19.8 Å². The van der Waals surface area contributed by atoms with Gasteiger partial charge in [0.25, 0.3) is 5.91 Å². The summed E-state index contributed by atoms with van der Waals surface area (Å²) in [5, 5.41) is 4.07. The van der Waals surface area contributed by atoms with E-state index in [1.807, 2.05) is 19.3 Å². The normalized spacial score (nSPS) is 14.3. The van der Waals surface area contributed by atoms with Gasteiger partial charge in [0.15, 0.2) is 0 Å². The highest BCUT2D eigenvalue weighted by Gasteiger charge is 2.16. The van der Waals surface area contributed by atoms with Crippen molar-refractivity contribution >= 4 is 5.91 Å². The molecule has 0 unspecified atom stereocenters. The zero-order chi connectivity index (χ0) is 16.8. The first-order chi connectivity index (χ1) is 11.0. The molecule has 0 saturated carbocycles. The van der Waals surface area contributed by atoms with E-state index in [-0.39, 0.29) is 5.91 Å². The first-order valence-corrected chi connectivity index (χ1v) is 7.51. The molecule has 1 aromatic heterocycles. The molecule has 1 aromatic rings. The molecule has 1 aliphatic carbocycles. The maximum absolute atomic E-state index is 12.6. The average molecular weight is 307 g/mol.